The van der Waals surface area contributed by atoms with Crippen LogP contribution in [0.5, 0.6) is 0 Å². The zero-order valence-electron chi connectivity index (χ0n) is 11.2. The molecular formula is C14H18N4O. The molecular weight excluding hydrogens is 240 g/mol. The van der Waals surface area contributed by atoms with Crippen molar-refractivity contribution >= 4 is 5.95 Å². The van der Waals surface area contributed by atoms with Crippen molar-refractivity contribution in [3.63, 3.8) is 0 Å². The zero-order chi connectivity index (χ0) is 13.8. The van der Waals surface area contributed by atoms with Crippen LogP contribution in [0.4, 0.5) is 5.95 Å². The first-order valence-electron chi connectivity index (χ1n) is 6.13. The van der Waals surface area contributed by atoms with Crippen molar-refractivity contribution < 1.29 is 0 Å². The number of aromatic nitrogens is 2. The standard InChI is InChI=1S/C14H18N4O/c1-10-4-3-5-11(6-10)8-18(2)9-12-7-13(19)17-14(15)16-12/h3-7H,8-9H2,1-2H3,(H3,15,16,17,19). The van der Waals surface area contributed by atoms with Crippen LogP contribution in [-0.4, -0.2) is 21.9 Å². The number of nitrogen functional groups attached to an aromatic ring is 1. The van der Waals surface area contributed by atoms with Crippen LogP contribution in [0.15, 0.2) is 35.1 Å². The van der Waals surface area contributed by atoms with Crippen LogP contribution in [-0.2, 0) is 13.1 Å². The van der Waals surface area contributed by atoms with Crippen molar-refractivity contribution in [3.05, 3.63) is 57.5 Å². The summed E-state index contributed by atoms with van der Waals surface area (Å²) in [6.07, 6.45) is 0. The molecule has 3 N–H and O–H groups in total. The Hall–Kier alpha value is -2.14. The van der Waals surface area contributed by atoms with Gasteiger partial charge in [0.1, 0.15) is 0 Å². The number of aromatic amines is 1. The van der Waals surface area contributed by atoms with Crippen molar-refractivity contribution in [2.45, 2.75) is 20.0 Å². The van der Waals surface area contributed by atoms with E-state index in [1.54, 1.807) is 0 Å². The normalized spacial score (nSPS) is 10.9. The summed E-state index contributed by atoms with van der Waals surface area (Å²) in [6.45, 7) is 3.46. The number of nitrogens with zero attached hydrogens (tertiary/aromatic N) is 2. The van der Waals surface area contributed by atoms with E-state index in [0.29, 0.717) is 12.2 Å². The van der Waals surface area contributed by atoms with E-state index in [-0.39, 0.29) is 11.5 Å². The molecule has 100 valence electrons. The van der Waals surface area contributed by atoms with E-state index in [1.165, 1.54) is 17.2 Å². The van der Waals surface area contributed by atoms with Crippen molar-refractivity contribution in [3.8, 4) is 0 Å². The number of hydrogen-bond acceptors (Lipinski definition) is 4. The monoisotopic (exact) mass is 258 g/mol. The van der Waals surface area contributed by atoms with Crippen molar-refractivity contribution in [1.82, 2.24) is 14.9 Å². The Bertz CT molecular complexity index is 621. The number of hydrogen-bond donors (Lipinski definition) is 2. The minimum Gasteiger partial charge on any atom is -0.369 e. The summed E-state index contributed by atoms with van der Waals surface area (Å²) in [6, 6.07) is 9.83. The summed E-state index contributed by atoms with van der Waals surface area (Å²) in [4.78, 5) is 19.9. The first kappa shape index (κ1) is 13.3. The summed E-state index contributed by atoms with van der Waals surface area (Å²) < 4.78 is 0. The van der Waals surface area contributed by atoms with Gasteiger partial charge in [-0.05, 0) is 19.5 Å². The van der Waals surface area contributed by atoms with Crippen molar-refractivity contribution in [2.24, 2.45) is 0 Å². The maximum Gasteiger partial charge on any atom is 0.252 e. The third-order valence-corrected chi connectivity index (χ3v) is 2.78. The summed E-state index contributed by atoms with van der Waals surface area (Å²) in [7, 11) is 1.99. The van der Waals surface area contributed by atoms with Gasteiger partial charge in [-0.1, -0.05) is 29.8 Å². The van der Waals surface area contributed by atoms with Crippen LogP contribution in [0.25, 0.3) is 0 Å². The number of H-pyrrole nitrogens is 1. The van der Waals surface area contributed by atoms with Gasteiger partial charge in [0.05, 0.1) is 5.69 Å². The van der Waals surface area contributed by atoms with Gasteiger partial charge < -0.3 is 5.73 Å². The van der Waals surface area contributed by atoms with E-state index in [0.717, 1.165) is 6.54 Å². The maximum absolute atomic E-state index is 11.3. The summed E-state index contributed by atoms with van der Waals surface area (Å²) in [5.41, 5.74) is 8.46. The van der Waals surface area contributed by atoms with Gasteiger partial charge in [0, 0.05) is 19.2 Å². The second-order valence-corrected chi connectivity index (χ2v) is 4.78. The first-order chi connectivity index (χ1) is 9.02. The number of benzene rings is 1. The average Bonchev–Trinajstić information content (AvgIpc) is 2.26. The fraction of sp³-hybridized carbons (Fsp3) is 0.286. The van der Waals surface area contributed by atoms with Crippen LogP contribution >= 0.6 is 0 Å². The van der Waals surface area contributed by atoms with E-state index < -0.39 is 0 Å². The predicted molar refractivity (Wildman–Crippen MR) is 75.6 cm³/mol. The molecule has 0 saturated heterocycles. The molecule has 0 bridgehead atoms. The number of anilines is 1. The van der Waals surface area contributed by atoms with Gasteiger partial charge in [0.2, 0.25) is 5.95 Å². The lowest BCUT2D eigenvalue weighted by atomic mass is 10.1. The molecule has 19 heavy (non-hydrogen) atoms. The molecule has 0 unspecified atom stereocenters. The topological polar surface area (TPSA) is 75.0 Å². The highest BCUT2D eigenvalue weighted by Crippen LogP contribution is 2.08. The van der Waals surface area contributed by atoms with Gasteiger partial charge in [-0.3, -0.25) is 14.7 Å². The molecule has 0 atom stereocenters. The van der Waals surface area contributed by atoms with Gasteiger partial charge in [0.25, 0.3) is 5.56 Å². The third-order valence-electron chi connectivity index (χ3n) is 2.78. The smallest absolute Gasteiger partial charge is 0.252 e. The molecule has 0 fully saturated rings. The van der Waals surface area contributed by atoms with Gasteiger partial charge in [0.15, 0.2) is 0 Å². The molecule has 2 aromatic rings. The quantitative estimate of drug-likeness (QED) is 0.866. The molecule has 0 aliphatic rings. The van der Waals surface area contributed by atoms with Crippen LogP contribution < -0.4 is 11.3 Å². The fourth-order valence-electron chi connectivity index (χ4n) is 2.06. The highest BCUT2D eigenvalue weighted by Gasteiger charge is 2.05. The molecule has 5 heteroatoms. The predicted octanol–water partition coefficient (Wildman–Crippen LogP) is 1.29. The lowest BCUT2D eigenvalue weighted by molar-refractivity contribution is 0.315. The lowest BCUT2D eigenvalue weighted by Crippen LogP contribution is -2.21. The molecule has 1 aromatic carbocycles. The second kappa shape index (κ2) is 5.67. The van der Waals surface area contributed by atoms with Crippen molar-refractivity contribution in [1.29, 1.82) is 0 Å². The van der Waals surface area contributed by atoms with E-state index in [4.69, 9.17) is 5.73 Å². The first-order valence-corrected chi connectivity index (χ1v) is 6.13. The Balaban J connectivity index is 2.05. The highest BCUT2D eigenvalue weighted by atomic mass is 16.1. The number of aryl methyl sites for hydroxylation is 1. The molecule has 5 nitrogen and oxygen atoms in total. The van der Waals surface area contributed by atoms with Crippen LogP contribution in [0, 0.1) is 6.92 Å². The second-order valence-electron chi connectivity index (χ2n) is 4.78. The van der Waals surface area contributed by atoms with Gasteiger partial charge >= 0.3 is 0 Å². The Morgan fingerprint density at radius 2 is 2.11 bits per heavy atom. The SMILES string of the molecule is Cc1cccc(CN(C)Cc2cc(=O)[nH]c(N)n2)c1. The van der Waals surface area contributed by atoms with Crippen molar-refractivity contribution in [2.75, 3.05) is 12.8 Å². The van der Waals surface area contributed by atoms with Crippen LogP contribution in [0.1, 0.15) is 16.8 Å². The number of nitrogens with two attached hydrogens (primary N) is 1. The Kier molecular flexibility index (Phi) is 3.97. The molecule has 1 heterocycles. The minimum atomic E-state index is -0.216. The maximum atomic E-state index is 11.3. The van der Waals surface area contributed by atoms with Crippen LogP contribution in [0.2, 0.25) is 0 Å². The summed E-state index contributed by atoms with van der Waals surface area (Å²) >= 11 is 0. The Morgan fingerprint density at radius 3 is 2.79 bits per heavy atom. The van der Waals surface area contributed by atoms with Gasteiger partial charge in [-0.25, -0.2) is 4.98 Å². The van der Waals surface area contributed by atoms with Crippen LogP contribution in [0.3, 0.4) is 0 Å². The lowest BCUT2D eigenvalue weighted by Gasteiger charge is -2.16. The third kappa shape index (κ3) is 3.93. The molecule has 0 amide bonds. The number of rotatable bonds is 4. The average molecular weight is 258 g/mol. The van der Waals surface area contributed by atoms with Gasteiger partial charge in [-0.15, -0.1) is 0 Å². The van der Waals surface area contributed by atoms with Gasteiger partial charge in [-0.2, -0.15) is 0 Å². The molecule has 2 rings (SSSR count). The summed E-state index contributed by atoms with van der Waals surface area (Å²) in [5.74, 6) is 0.159. The Morgan fingerprint density at radius 1 is 1.32 bits per heavy atom. The molecule has 0 spiro atoms. The number of nitrogens with one attached hydrogen (secondary N) is 1. The van der Waals surface area contributed by atoms with E-state index in [1.807, 2.05) is 13.1 Å². The Labute approximate surface area is 112 Å². The molecule has 0 radical (unpaired) electrons. The molecule has 1 aromatic heterocycles. The minimum absolute atomic E-state index is 0.159. The van der Waals surface area contributed by atoms with E-state index >= 15 is 0 Å². The molecule has 0 aliphatic carbocycles. The molecule has 0 aliphatic heterocycles. The highest BCUT2D eigenvalue weighted by molar-refractivity contribution is 5.22. The van der Waals surface area contributed by atoms with E-state index in [9.17, 15) is 4.79 Å². The summed E-state index contributed by atoms with van der Waals surface area (Å²) in [5, 5.41) is 0. The zero-order valence-corrected chi connectivity index (χ0v) is 11.2. The largest absolute Gasteiger partial charge is 0.369 e. The fourth-order valence-corrected chi connectivity index (χ4v) is 2.06. The molecule has 0 saturated carbocycles. The van der Waals surface area contributed by atoms with E-state index in [2.05, 4.69) is 40.0 Å².